The van der Waals surface area contributed by atoms with Crippen LogP contribution in [0.1, 0.15) is 18.4 Å². The molecule has 3 aromatic rings. The quantitative estimate of drug-likeness (QED) is 0.530. The number of ether oxygens (including phenoxy) is 1. The molecule has 1 aliphatic carbocycles. The first-order valence-electron chi connectivity index (χ1n) is 8.65. The Kier molecular flexibility index (Phi) is 5.45. The number of nitrogens with zero attached hydrogens (tertiary/aromatic N) is 3. The third kappa shape index (κ3) is 4.51. The summed E-state index contributed by atoms with van der Waals surface area (Å²) >= 11 is 2.83. The van der Waals surface area contributed by atoms with Crippen molar-refractivity contribution in [1.82, 2.24) is 15.1 Å². The maximum Gasteiger partial charge on any atom is 0.277 e. The molecule has 2 aromatic heterocycles. The van der Waals surface area contributed by atoms with Gasteiger partial charge < -0.3 is 14.1 Å². The van der Waals surface area contributed by atoms with Crippen LogP contribution in [-0.2, 0) is 11.3 Å². The van der Waals surface area contributed by atoms with Crippen molar-refractivity contribution in [1.29, 1.82) is 0 Å². The summed E-state index contributed by atoms with van der Waals surface area (Å²) in [7, 11) is 1.65. The van der Waals surface area contributed by atoms with Crippen molar-refractivity contribution in [3.8, 4) is 16.5 Å². The minimum absolute atomic E-state index is 0.0918. The average molecular weight is 402 g/mol. The van der Waals surface area contributed by atoms with Gasteiger partial charge in [-0.2, -0.15) is 0 Å². The van der Waals surface area contributed by atoms with Gasteiger partial charge in [-0.3, -0.25) is 4.79 Å². The SMILES string of the molecule is COc1ccc(CN(C(=O)CSc2nnc(-c3cccs3)o2)C2CC2)cc1. The number of methoxy groups -OCH3 is 1. The third-order valence-corrected chi connectivity index (χ3v) is 5.94. The van der Waals surface area contributed by atoms with E-state index >= 15 is 0 Å². The standard InChI is InChI=1S/C19H19N3O3S2/c1-24-15-8-4-13(5-9-15)11-22(14-6-7-14)17(23)12-27-19-21-20-18(25-19)16-3-2-10-26-16/h2-5,8-10,14H,6-7,11-12H2,1H3. The predicted octanol–water partition coefficient (Wildman–Crippen LogP) is 4.09. The number of amides is 1. The molecule has 8 heteroatoms. The molecular formula is C19H19N3O3S2. The average Bonchev–Trinajstić information content (AvgIpc) is 3.19. The first kappa shape index (κ1) is 18.1. The largest absolute Gasteiger partial charge is 0.497 e. The van der Waals surface area contributed by atoms with Crippen molar-refractivity contribution in [2.45, 2.75) is 30.7 Å². The van der Waals surface area contributed by atoms with Crippen LogP contribution >= 0.6 is 23.1 Å². The number of benzene rings is 1. The van der Waals surface area contributed by atoms with Gasteiger partial charge in [0.2, 0.25) is 5.91 Å². The second kappa shape index (κ2) is 8.14. The lowest BCUT2D eigenvalue weighted by Gasteiger charge is -2.22. The molecule has 1 saturated carbocycles. The van der Waals surface area contributed by atoms with Gasteiger partial charge in [-0.1, -0.05) is 30.0 Å². The van der Waals surface area contributed by atoms with Crippen LogP contribution < -0.4 is 4.74 Å². The van der Waals surface area contributed by atoms with Gasteiger partial charge in [-0.15, -0.1) is 21.5 Å². The lowest BCUT2D eigenvalue weighted by Crippen LogP contribution is -2.33. The fourth-order valence-corrected chi connectivity index (χ4v) is 4.00. The zero-order chi connectivity index (χ0) is 18.6. The molecule has 0 spiro atoms. The third-order valence-electron chi connectivity index (χ3n) is 4.28. The number of rotatable bonds is 8. The molecule has 1 aromatic carbocycles. The lowest BCUT2D eigenvalue weighted by atomic mass is 10.2. The van der Waals surface area contributed by atoms with Crippen LogP contribution in [0.2, 0.25) is 0 Å². The molecular weight excluding hydrogens is 382 g/mol. The summed E-state index contributed by atoms with van der Waals surface area (Å²) in [6.07, 6.45) is 2.13. The Balaban J connectivity index is 1.36. The summed E-state index contributed by atoms with van der Waals surface area (Å²) in [4.78, 5) is 15.6. The van der Waals surface area contributed by atoms with Crippen LogP contribution in [0, 0.1) is 0 Å². The van der Waals surface area contributed by atoms with Crippen LogP contribution in [0.5, 0.6) is 5.75 Å². The summed E-state index contributed by atoms with van der Waals surface area (Å²) in [5.41, 5.74) is 1.10. The van der Waals surface area contributed by atoms with E-state index in [0.717, 1.165) is 29.0 Å². The number of hydrogen-bond acceptors (Lipinski definition) is 7. The van der Waals surface area contributed by atoms with E-state index in [4.69, 9.17) is 9.15 Å². The van der Waals surface area contributed by atoms with E-state index in [1.165, 1.54) is 11.8 Å². The Labute approximate surface area is 165 Å². The molecule has 1 fully saturated rings. The van der Waals surface area contributed by atoms with Crippen LogP contribution in [-0.4, -0.2) is 39.9 Å². The van der Waals surface area contributed by atoms with E-state index in [1.54, 1.807) is 18.4 Å². The monoisotopic (exact) mass is 401 g/mol. The second-order valence-electron chi connectivity index (χ2n) is 6.24. The molecule has 4 rings (SSSR count). The Morgan fingerprint density at radius 2 is 2.11 bits per heavy atom. The van der Waals surface area contributed by atoms with Gasteiger partial charge in [-0.05, 0) is 42.0 Å². The second-order valence-corrected chi connectivity index (χ2v) is 8.11. The normalized spacial score (nSPS) is 13.5. The van der Waals surface area contributed by atoms with Gasteiger partial charge in [0.1, 0.15) is 5.75 Å². The van der Waals surface area contributed by atoms with Crippen molar-refractivity contribution in [3.63, 3.8) is 0 Å². The molecule has 0 N–H and O–H groups in total. The molecule has 0 unspecified atom stereocenters. The van der Waals surface area contributed by atoms with E-state index in [0.29, 0.717) is 29.5 Å². The lowest BCUT2D eigenvalue weighted by molar-refractivity contribution is -0.129. The molecule has 0 atom stereocenters. The molecule has 0 radical (unpaired) electrons. The molecule has 6 nitrogen and oxygen atoms in total. The Hall–Kier alpha value is -2.32. The number of hydrogen-bond donors (Lipinski definition) is 0. The van der Waals surface area contributed by atoms with Gasteiger partial charge in [0, 0.05) is 12.6 Å². The fourth-order valence-electron chi connectivity index (χ4n) is 2.71. The zero-order valence-corrected chi connectivity index (χ0v) is 16.5. The van der Waals surface area contributed by atoms with Crippen LogP contribution in [0.25, 0.3) is 10.8 Å². The van der Waals surface area contributed by atoms with E-state index < -0.39 is 0 Å². The molecule has 0 aliphatic heterocycles. The maximum absolute atomic E-state index is 12.8. The van der Waals surface area contributed by atoms with Crippen LogP contribution in [0.4, 0.5) is 0 Å². The highest BCUT2D eigenvalue weighted by Gasteiger charge is 2.32. The van der Waals surface area contributed by atoms with Gasteiger partial charge in [0.25, 0.3) is 11.1 Å². The maximum atomic E-state index is 12.8. The van der Waals surface area contributed by atoms with Crippen LogP contribution in [0.15, 0.2) is 51.4 Å². The van der Waals surface area contributed by atoms with Gasteiger partial charge in [0.15, 0.2) is 0 Å². The van der Waals surface area contributed by atoms with Crippen molar-refractivity contribution < 1.29 is 13.9 Å². The van der Waals surface area contributed by atoms with Crippen molar-refractivity contribution in [2.75, 3.05) is 12.9 Å². The van der Waals surface area contributed by atoms with E-state index in [9.17, 15) is 4.79 Å². The first-order chi connectivity index (χ1) is 13.2. The Morgan fingerprint density at radius 3 is 2.78 bits per heavy atom. The summed E-state index contributed by atoms with van der Waals surface area (Å²) in [5.74, 6) is 1.70. The molecule has 1 aliphatic rings. The smallest absolute Gasteiger partial charge is 0.277 e. The van der Waals surface area contributed by atoms with Gasteiger partial charge in [0.05, 0.1) is 17.7 Å². The topological polar surface area (TPSA) is 68.5 Å². The highest BCUT2D eigenvalue weighted by Crippen LogP contribution is 2.31. The highest BCUT2D eigenvalue weighted by molar-refractivity contribution is 7.99. The van der Waals surface area contributed by atoms with E-state index in [2.05, 4.69) is 10.2 Å². The molecule has 0 bridgehead atoms. The molecule has 140 valence electrons. The van der Waals surface area contributed by atoms with Crippen LogP contribution in [0.3, 0.4) is 0 Å². The van der Waals surface area contributed by atoms with E-state index in [1.807, 2.05) is 46.7 Å². The minimum atomic E-state index is 0.0918. The molecule has 2 heterocycles. The highest BCUT2D eigenvalue weighted by atomic mass is 32.2. The van der Waals surface area contributed by atoms with Crippen molar-refractivity contribution in [2.24, 2.45) is 0 Å². The van der Waals surface area contributed by atoms with E-state index in [-0.39, 0.29) is 5.91 Å². The van der Waals surface area contributed by atoms with Crippen molar-refractivity contribution in [3.05, 3.63) is 47.3 Å². The zero-order valence-electron chi connectivity index (χ0n) is 14.8. The Morgan fingerprint density at radius 1 is 1.30 bits per heavy atom. The van der Waals surface area contributed by atoms with Gasteiger partial charge >= 0.3 is 0 Å². The Bertz CT molecular complexity index is 889. The number of aromatic nitrogens is 2. The number of carbonyl (C=O) groups excluding carboxylic acids is 1. The number of thioether (sulfide) groups is 1. The number of carbonyl (C=O) groups is 1. The van der Waals surface area contributed by atoms with Crippen molar-refractivity contribution >= 4 is 29.0 Å². The van der Waals surface area contributed by atoms with Gasteiger partial charge in [-0.25, -0.2) is 0 Å². The first-order valence-corrected chi connectivity index (χ1v) is 10.5. The summed E-state index contributed by atoms with van der Waals surface area (Å²) in [6, 6.07) is 12.0. The minimum Gasteiger partial charge on any atom is -0.497 e. The summed E-state index contributed by atoms with van der Waals surface area (Å²) in [5, 5.41) is 10.5. The molecule has 27 heavy (non-hydrogen) atoms. The molecule has 1 amide bonds. The summed E-state index contributed by atoms with van der Waals surface area (Å²) < 4.78 is 10.8. The fraction of sp³-hybridized carbons (Fsp3) is 0.316. The predicted molar refractivity (Wildman–Crippen MR) is 105 cm³/mol. The molecule has 0 saturated heterocycles. The number of thiophene rings is 1. The summed E-state index contributed by atoms with van der Waals surface area (Å²) in [6.45, 7) is 0.609.